The molecule has 2 amide bonds. The fourth-order valence-corrected chi connectivity index (χ4v) is 4.18. The number of amides is 2. The van der Waals surface area contributed by atoms with Crippen molar-refractivity contribution in [2.24, 2.45) is 4.99 Å². The molecule has 0 aliphatic carbocycles. The van der Waals surface area contributed by atoms with Crippen molar-refractivity contribution in [1.82, 2.24) is 15.1 Å². The Labute approximate surface area is 190 Å². The van der Waals surface area contributed by atoms with Crippen molar-refractivity contribution in [2.75, 3.05) is 31.5 Å². The van der Waals surface area contributed by atoms with Crippen molar-refractivity contribution in [3.63, 3.8) is 0 Å². The predicted molar refractivity (Wildman–Crippen MR) is 122 cm³/mol. The van der Waals surface area contributed by atoms with E-state index in [1.165, 1.54) is 6.07 Å². The van der Waals surface area contributed by atoms with Gasteiger partial charge in [-0.1, -0.05) is 0 Å². The Balaban J connectivity index is 1.50. The number of rotatable bonds is 4. The minimum Gasteiger partial charge on any atom is -0.423 e. The summed E-state index contributed by atoms with van der Waals surface area (Å²) in [4.78, 5) is 45.0. The first kappa shape index (κ1) is 22.3. The van der Waals surface area contributed by atoms with Crippen LogP contribution < -0.4 is 16.3 Å². The van der Waals surface area contributed by atoms with E-state index in [0.717, 1.165) is 38.8 Å². The smallest absolute Gasteiger partial charge is 0.336 e. The van der Waals surface area contributed by atoms with Crippen LogP contribution in [0.5, 0.6) is 0 Å². The van der Waals surface area contributed by atoms with E-state index in [1.54, 1.807) is 29.2 Å². The van der Waals surface area contributed by atoms with Gasteiger partial charge in [-0.05, 0) is 56.4 Å². The topological polar surface area (TPSA) is 131 Å². The van der Waals surface area contributed by atoms with E-state index >= 15 is 0 Å². The molecule has 1 aromatic heterocycles. The molecular formula is C23H26N6O4. The van der Waals surface area contributed by atoms with Gasteiger partial charge >= 0.3 is 5.63 Å². The van der Waals surface area contributed by atoms with Crippen molar-refractivity contribution in [3.8, 4) is 6.19 Å². The third-order valence-electron chi connectivity index (χ3n) is 5.88. The molecule has 10 nitrogen and oxygen atoms in total. The van der Waals surface area contributed by atoms with Crippen LogP contribution in [0.2, 0.25) is 0 Å². The van der Waals surface area contributed by atoms with Gasteiger partial charge in [0.2, 0.25) is 17.8 Å². The summed E-state index contributed by atoms with van der Waals surface area (Å²) in [5.74, 6) is -0.0959. The number of guanidine groups is 1. The van der Waals surface area contributed by atoms with Crippen LogP contribution in [0, 0.1) is 11.5 Å². The molecule has 2 aromatic rings. The average molecular weight is 450 g/mol. The standard InChI is InChI=1S/C23H26N6O4/c24-15-25-23(26-17-7-8-19-16(13-17)6-9-21(31)33-19)27-18-5-1-2-12-29(22(18)32)14-20(30)28-10-3-4-11-28/h6-9,13,18H,1-5,10-12,14H2,(H2,25,26,27). The van der Waals surface area contributed by atoms with E-state index < -0.39 is 11.7 Å². The van der Waals surface area contributed by atoms with Crippen LogP contribution >= 0.6 is 0 Å². The van der Waals surface area contributed by atoms with Gasteiger partial charge in [0, 0.05) is 36.8 Å². The second-order valence-electron chi connectivity index (χ2n) is 8.21. The molecule has 2 fully saturated rings. The number of nitriles is 1. The van der Waals surface area contributed by atoms with Crippen LogP contribution in [-0.4, -0.2) is 59.8 Å². The van der Waals surface area contributed by atoms with E-state index in [9.17, 15) is 19.6 Å². The minimum atomic E-state index is -0.694. The number of nitrogens with zero attached hydrogens (tertiary/aromatic N) is 4. The van der Waals surface area contributed by atoms with Gasteiger partial charge in [0.25, 0.3) is 0 Å². The number of hydrogen-bond acceptors (Lipinski definition) is 6. The Hall–Kier alpha value is -3.87. The number of benzene rings is 1. The zero-order valence-electron chi connectivity index (χ0n) is 18.2. The lowest BCUT2D eigenvalue weighted by Crippen LogP contribution is -2.45. The monoisotopic (exact) mass is 450 g/mol. The maximum Gasteiger partial charge on any atom is 0.336 e. The summed E-state index contributed by atoms with van der Waals surface area (Å²) >= 11 is 0. The molecule has 3 heterocycles. The summed E-state index contributed by atoms with van der Waals surface area (Å²) in [7, 11) is 0. The van der Waals surface area contributed by atoms with Gasteiger partial charge in [-0.25, -0.2) is 9.79 Å². The largest absolute Gasteiger partial charge is 0.423 e. The first-order valence-corrected chi connectivity index (χ1v) is 11.1. The second kappa shape index (κ2) is 10.2. The second-order valence-corrected chi connectivity index (χ2v) is 8.21. The van der Waals surface area contributed by atoms with Gasteiger partial charge in [-0.3, -0.25) is 14.9 Å². The Bertz CT molecular complexity index is 1160. The first-order valence-electron chi connectivity index (χ1n) is 11.1. The maximum absolute atomic E-state index is 13.2. The zero-order valence-corrected chi connectivity index (χ0v) is 18.2. The van der Waals surface area contributed by atoms with Crippen LogP contribution in [0.4, 0.5) is 5.69 Å². The third-order valence-corrected chi connectivity index (χ3v) is 5.88. The highest BCUT2D eigenvalue weighted by Gasteiger charge is 2.30. The summed E-state index contributed by atoms with van der Waals surface area (Å²) < 4.78 is 5.14. The number of anilines is 1. The average Bonchev–Trinajstić information content (AvgIpc) is 3.29. The normalized spacial score (nSPS) is 19.3. The fraction of sp³-hybridized carbons (Fsp3) is 0.435. The Kier molecular flexibility index (Phi) is 6.88. The Morgan fingerprint density at radius 2 is 1.91 bits per heavy atom. The predicted octanol–water partition coefficient (Wildman–Crippen LogP) is 1.64. The molecule has 172 valence electrons. The van der Waals surface area contributed by atoms with Crippen molar-refractivity contribution >= 4 is 34.4 Å². The lowest BCUT2D eigenvalue weighted by molar-refractivity contribution is -0.140. The molecule has 0 spiro atoms. The van der Waals surface area contributed by atoms with E-state index in [0.29, 0.717) is 29.6 Å². The minimum absolute atomic E-state index is 0.0261. The molecule has 1 atom stereocenters. The van der Waals surface area contributed by atoms with E-state index in [2.05, 4.69) is 15.6 Å². The van der Waals surface area contributed by atoms with Crippen LogP contribution in [0.1, 0.15) is 32.1 Å². The van der Waals surface area contributed by atoms with Crippen molar-refractivity contribution < 1.29 is 14.0 Å². The number of carbonyl (C=O) groups excluding carboxylic acids is 2. The fourth-order valence-electron chi connectivity index (χ4n) is 4.18. The molecule has 1 aromatic carbocycles. The number of hydrogen-bond donors (Lipinski definition) is 2. The SMILES string of the molecule is N#CNC(=NC1CCCCN(CC(=O)N2CCCC2)C1=O)Nc1ccc2oc(=O)ccc2c1. The third kappa shape index (κ3) is 5.49. The maximum atomic E-state index is 13.2. The van der Waals surface area contributed by atoms with E-state index in [-0.39, 0.29) is 24.3 Å². The first-order chi connectivity index (χ1) is 16.0. The number of carbonyl (C=O) groups is 2. The summed E-state index contributed by atoms with van der Waals surface area (Å²) in [5, 5.41) is 15.4. The Morgan fingerprint density at radius 3 is 2.70 bits per heavy atom. The summed E-state index contributed by atoms with van der Waals surface area (Å²) in [5.41, 5.74) is 0.619. The molecule has 0 bridgehead atoms. The highest BCUT2D eigenvalue weighted by atomic mass is 16.4. The lowest BCUT2D eigenvalue weighted by Gasteiger charge is -2.25. The molecule has 10 heteroatoms. The van der Waals surface area contributed by atoms with Gasteiger partial charge in [0.05, 0.1) is 6.54 Å². The van der Waals surface area contributed by atoms with Crippen molar-refractivity contribution in [1.29, 1.82) is 5.26 Å². The molecule has 2 N–H and O–H groups in total. The molecule has 1 unspecified atom stereocenters. The summed E-state index contributed by atoms with van der Waals surface area (Å²) in [6, 6.07) is 7.37. The quantitative estimate of drug-likeness (QED) is 0.238. The molecule has 2 aliphatic rings. The molecule has 2 aliphatic heterocycles. The number of aliphatic imine (C=N–C) groups is 1. The van der Waals surface area contributed by atoms with Crippen molar-refractivity contribution in [2.45, 2.75) is 38.1 Å². The molecule has 33 heavy (non-hydrogen) atoms. The van der Waals surface area contributed by atoms with Crippen LogP contribution in [-0.2, 0) is 9.59 Å². The zero-order chi connectivity index (χ0) is 23.2. The molecule has 0 radical (unpaired) electrons. The van der Waals surface area contributed by atoms with Gasteiger partial charge in [0.1, 0.15) is 11.6 Å². The summed E-state index contributed by atoms with van der Waals surface area (Å²) in [6.07, 6.45) is 5.98. The van der Waals surface area contributed by atoms with Crippen LogP contribution in [0.15, 0.2) is 44.5 Å². The number of fused-ring (bicyclic) bond motifs is 1. The molecular weight excluding hydrogens is 424 g/mol. The molecule has 2 saturated heterocycles. The van der Waals surface area contributed by atoms with Crippen molar-refractivity contribution in [3.05, 3.63) is 40.8 Å². The molecule has 4 rings (SSSR count). The number of nitrogens with one attached hydrogen (secondary N) is 2. The summed E-state index contributed by atoms with van der Waals surface area (Å²) in [6.45, 7) is 2.08. The molecule has 0 saturated carbocycles. The van der Waals surface area contributed by atoms with Crippen LogP contribution in [0.3, 0.4) is 0 Å². The van der Waals surface area contributed by atoms with Gasteiger partial charge < -0.3 is 19.5 Å². The highest BCUT2D eigenvalue weighted by Crippen LogP contribution is 2.19. The van der Waals surface area contributed by atoms with E-state index in [1.807, 2.05) is 11.1 Å². The van der Waals surface area contributed by atoms with E-state index in [4.69, 9.17) is 4.42 Å². The van der Waals surface area contributed by atoms with Gasteiger partial charge in [-0.15, -0.1) is 0 Å². The number of likely N-dealkylation sites (tertiary alicyclic amines) is 2. The van der Waals surface area contributed by atoms with Crippen LogP contribution in [0.25, 0.3) is 11.0 Å². The lowest BCUT2D eigenvalue weighted by atomic mass is 10.1. The van der Waals surface area contributed by atoms with Gasteiger partial charge in [0.15, 0.2) is 6.19 Å². The van der Waals surface area contributed by atoms with Gasteiger partial charge in [-0.2, -0.15) is 5.26 Å². The Morgan fingerprint density at radius 1 is 1.12 bits per heavy atom. The highest BCUT2D eigenvalue weighted by molar-refractivity contribution is 5.98.